The van der Waals surface area contributed by atoms with Crippen molar-refractivity contribution in [1.29, 1.82) is 0 Å². The van der Waals surface area contributed by atoms with Gasteiger partial charge in [0.25, 0.3) is 0 Å². The summed E-state index contributed by atoms with van der Waals surface area (Å²) in [6.45, 7) is 6.12. The number of rotatable bonds is 6. The molecule has 2 aliphatic rings. The topological polar surface area (TPSA) is 35.5 Å². The van der Waals surface area contributed by atoms with E-state index in [4.69, 9.17) is 0 Å². The van der Waals surface area contributed by atoms with Crippen LogP contribution in [0.3, 0.4) is 0 Å². The molecule has 0 spiro atoms. The van der Waals surface area contributed by atoms with Crippen molar-refractivity contribution in [3.63, 3.8) is 0 Å². The van der Waals surface area contributed by atoms with E-state index < -0.39 is 0 Å². The first-order valence-corrected chi connectivity index (χ1v) is 9.67. The molecule has 1 atom stereocenters. The fourth-order valence-electron chi connectivity index (χ4n) is 4.00. The third-order valence-corrected chi connectivity index (χ3v) is 5.45. The normalized spacial score (nSPS) is 23.3. The van der Waals surface area contributed by atoms with E-state index in [1.54, 1.807) is 0 Å². The maximum Gasteiger partial charge on any atom is 0.224 e. The highest BCUT2D eigenvalue weighted by molar-refractivity contribution is 5.26. The maximum absolute atomic E-state index is 4.47. The molecule has 0 aromatic carbocycles. The average Bonchev–Trinajstić information content (AvgIpc) is 2.62. The van der Waals surface area contributed by atoms with Gasteiger partial charge in [-0.3, -0.25) is 4.90 Å². The van der Waals surface area contributed by atoms with Crippen molar-refractivity contribution >= 4 is 5.95 Å². The first-order chi connectivity index (χ1) is 11.7. The Bertz CT molecular complexity index is 481. The molecule has 0 bridgehead atoms. The lowest BCUT2D eigenvalue weighted by Gasteiger charge is -2.37. The molecule has 1 aromatic rings. The van der Waals surface area contributed by atoms with Crippen molar-refractivity contribution < 1.29 is 0 Å². The van der Waals surface area contributed by atoms with E-state index in [2.05, 4.69) is 19.8 Å². The molecule has 0 unspecified atom stereocenters. The molecule has 3 rings (SSSR count). The van der Waals surface area contributed by atoms with Gasteiger partial charge in [-0.05, 0) is 58.3 Å². The molecular formula is C19H33N5. The molecular weight excluding hydrogens is 298 g/mol. The zero-order valence-corrected chi connectivity index (χ0v) is 15.5. The molecule has 3 heterocycles. The molecule has 24 heavy (non-hydrogen) atoms. The lowest BCUT2D eigenvalue weighted by atomic mass is 9.98. The van der Waals surface area contributed by atoms with Crippen LogP contribution in [-0.4, -0.2) is 66.1 Å². The van der Waals surface area contributed by atoms with Crippen LogP contribution in [0.2, 0.25) is 0 Å². The summed E-state index contributed by atoms with van der Waals surface area (Å²) in [5.41, 5.74) is 1.24. The summed E-state index contributed by atoms with van der Waals surface area (Å²) in [6.07, 6.45) is 13.6. The minimum atomic E-state index is 0.731. The van der Waals surface area contributed by atoms with Crippen LogP contribution < -0.4 is 4.90 Å². The zero-order valence-electron chi connectivity index (χ0n) is 15.5. The van der Waals surface area contributed by atoms with E-state index in [0.717, 1.165) is 18.5 Å². The largest absolute Gasteiger partial charge is 0.347 e. The smallest absolute Gasteiger partial charge is 0.224 e. The molecule has 5 heteroatoms. The number of hydrogen-bond acceptors (Lipinski definition) is 5. The van der Waals surface area contributed by atoms with Crippen molar-refractivity contribution in [2.24, 2.45) is 0 Å². The highest BCUT2D eigenvalue weighted by atomic mass is 15.2. The van der Waals surface area contributed by atoms with E-state index in [1.807, 2.05) is 31.4 Å². The fraction of sp³-hybridized carbons (Fsp3) is 0.789. The van der Waals surface area contributed by atoms with Gasteiger partial charge in [-0.25, -0.2) is 9.97 Å². The summed E-state index contributed by atoms with van der Waals surface area (Å²) in [5.74, 6) is 0.791. The Morgan fingerprint density at radius 1 is 1.00 bits per heavy atom. The number of aromatic nitrogens is 2. The van der Waals surface area contributed by atoms with Crippen molar-refractivity contribution in [2.45, 2.75) is 57.5 Å². The van der Waals surface area contributed by atoms with Gasteiger partial charge >= 0.3 is 0 Å². The molecule has 2 saturated heterocycles. The second-order valence-corrected chi connectivity index (χ2v) is 7.60. The lowest BCUT2D eigenvalue weighted by molar-refractivity contribution is 0.113. The number of nitrogens with zero attached hydrogens (tertiary/aromatic N) is 5. The van der Waals surface area contributed by atoms with E-state index in [-0.39, 0.29) is 0 Å². The Morgan fingerprint density at radius 2 is 1.71 bits per heavy atom. The monoisotopic (exact) mass is 331 g/mol. The van der Waals surface area contributed by atoms with Crippen LogP contribution in [0.1, 0.15) is 50.5 Å². The quantitative estimate of drug-likeness (QED) is 0.801. The number of likely N-dealkylation sites (tertiary alicyclic amines) is 2. The minimum absolute atomic E-state index is 0.731. The van der Waals surface area contributed by atoms with E-state index in [0.29, 0.717) is 0 Å². The Labute approximate surface area is 147 Å². The zero-order chi connectivity index (χ0) is 16.8. The van der Waals surface area contributed by atoms with Gasteiger partial charge in [0.15, 0.2) is 0 Å². The van der Waals surface area contributed by atoms with Gasteiger partial charge in [0.05, 0.1) is 0 Å². The predicted octanol–water partition coefficient (Wildman–Crippen LogP) is 2.77. The molecule has 0 amide bonds. The van der Waals surface area contributed by atoms with Gasteiger partial charge in [0, 0.05) is 44.6 Å². The Hall–Kier alpha value is -1.20. The van der Waals surface area contributed by atoms with E-state index in [1.165, 1.54) is 76.7 Å². The van der Waals surface area contributed by atoms with Crippen LogP contribution in [0.25, 0.3) is 0 Å². The standard InChI is InChI=1S/C19H33N5/c1-22(2)19-20-14-17(15-21-19)16-24-12-7-4-8-18(24)9-13-23-10-5-3-6-11-23/h14-15,18H,3-13,16H2,1-2H3/t18-/m0/s1. The SMILES string of the molecule is CN(C)c1ncc(CN2CCCC[C@H]2CCN2CCCCC2)cn1. The van der Waals surface area contributed by atoms with Crippen molar-refractivity contribution in [3.05, 3.63) is 18.0 Å². The van der Waals surface area contributed by atoms with Crippen LogP contribution >= 0.6 is 0 Å². The van der Waals surface area contributed by atoms with Gasteiger partial charge in [0.2, 0.25) is 5.95 Å². The summed E-state index contributed by atoms with van der Waals surface area (Å²) in [5, 5.41) is 0. The van der Waals surface area contributed by atoms with Crippen molar-refractivity contribution in [2.75, 3.05) is 45.2 Å². The van der Waals surface area contributed by atoms with Crippen LogP contribution in [-0.2, 0) is 6.54 Å². The lowest BCUT2D eigenvalue weighted by Crippen LogP contribution is -2.42. The summed E-state index contributed by atoms with van der Waals surface area (Å²) in [4.78, 5) is 16.2. The van der Waals surface area contributed by atoms with Crippen LogP contribution in [0.15, 0.2) is 12.4 Å². The maximum atomic E-state index is 4.47. The molecule has 0 aliphatic carbocycles. The summed E-state index contributed by atoms with van der Waals surface area (Å²) in [6, 6.07) is 0.731. The molecule has 5 nitrogen and oxygen atoms in total. The third-order valence-electron chi connectivity index (χ3n) is 5.45. The van der Waals surface area contributed by atoms with Gasteiger partial charge in [-0.2, -0.15) is 0 Å². The van der Waals surface area contributed by atoms with Crippen LogP contribution in [0.4, 0.5) is 5.95 Å². The molecule has 2 aliphatic heterocycles. The molecule has 0 N–H and O–H groups in total. The molecule has 0 radical (unpaired) electrons. The first-order valence-electron chi connectivity index (χ1n) is 9.67. The average molecular weight is 332 g/mol. The van der Waals surface area contributed by atoms with Crippen molar-refractivity contribution in [1.82, 2.24) is 19.8 Å². The predicted molar refractivity (Wildman–Crippen MR) is 99.3 cm³/mol. The van der Waals surface area contributed by atoms with Gasteiger partial charge in [-0.1, -0.05) is 12.8 Å². The molecule has 0 saturated carbocycles. The Balaban J connectivity index is 1.53. The second kappa shape index (κ2) is 8.77. The Kier molecular flexibility index (Phi) is 6.44. The van der Waals surface area contributed by atoms with E-state index >= 15 is 0 Å². The van der Waals surface area contributed by atoms with Gasteiger partial charge in [-0.15, -0.1) is 0 Å². The summed E-state index contributed by atoms with van der Waals surface area (Å²) in [7, 11) is 3.96. The summed E-state index contributed by atoms with van der Waals surface area (Å²) >= 11 is 0. The minimum Gasteiger partial charge on any atom is -0.347 e. The van der Waals surface area contributed by atoms with Gasteiger partial charge in [0.1, 0.15) is 0 Å². The van der Waals surface area contributed by atoms with Crippen LogP contribution in [0.5, 0.6) is 0 Å². The second-order valence-electron chi connectivity index (χ2n) is 7.60. The van der Waals surface area contributed by atoms with Crippen molar-refractivity contribution in [3.8, 4) is 0 Å². The third kappa shape index (κ3) is 4.90. The Morgan fingerprint density at radius 3 is 2.42 bits per heavy atom. The fourth-order valence-corrected chi connectivity index (χ4v) is 4.00. The van der Waals surface area contributed by atoms with Crippen LogP contribution in [0, 0.1) is 0 Å². The molecule has 1 aromatic heterocycles. The van der Waals surface area contributed by atoms with E-state index in [9.17, 15) is 0 Å². The number of piperidine rings is 2. The highest BCUT2D eigenvalue weighted by Crippen LogP contribution is 2.23. The molecule has 134 valence electrons. The molecule has 2 fully saturated rings. The first kappa shape index (κ1) is 17.6. The number of anilines is 1. The number of hydrogen-bond donors (Lipinski definition) is 0. The summed E-state index contributed by atoms with van der Waals surface area (Å²) < 4.78 is 0. The van der Waals surface area contributed by atoms with Gasteiger partial charge < -0.3 is 9.80 Å². The highest BCUT2D eigenvalue weighted by Gasteiger charge is 2.23.